The number of hydrogen-bond acceptors (Lipinski definition) is 7. The maximum atomic E-state index is 11.6. The van der Waals surface area contributed by atoms with Crippen LogP contribution in [0.15, 0.2) is 77.3 Å². The summed E-state index contributed by atoms with van der Waals surface area (Å²) in [7, 11) is 3.12. The molecule has 11 heteroatoms. The molecule has 39 heavy (non-hydrogen) atoms. The number of thiocarbonyl (C=S) groups is 1. The van der Waals surface area contributed by atoms with Crippen molar-refractivity contribution in [3.8, 4) is 22.8 Å². The van der Waals surface area contributed by atoms with Crippen LogP contribution in [0.2, 0.25) is 0 Å². The molecule has 1 fully saturated rings. The second kappa shape index (κ2) is 10.5. The van der Waals surface area contributed by atoms with E-state index in [1.807, 2.05) is 23.1 Å². The van der Waals surface area contributed by atoms with Crippen LogP contribution in [0.3, 0.4) is 0 Å². The van der Waals surface area contributed by atoms with Crippen LogP contribution in [0.25, 0.3) is 11.3 Å². The van der Waals surface area contributed by atoms with Crippen LogP contribution in [0.4, 0.5) is 5.69 Å². The predicted octanol–water partition coefficient (Wildman–Crippen LogP) is 4.93. The summed E-state index contributed by atoms with van der Waals surface area (Å²) in [6.07, 6.45) is 1.68. The second-order valence-electron chi connectivity index (χ2n) is 8.65. The molecule has 1 aliphatic rings. The Balaban J connectivity index is 1.65. The van der Waals surface area contributed by atoms with E-state index in [0.29, 0.717) is 45.1 Å². The van der Waals surface area contributed by atoms with Crippen molar-refractivity contribution >= 4 is 35.0 Å². The van der Waals surface area contributed by atoms with E-state index in [9.17, 15) is 19.8 Å². The highest BCUT2D eigenvalue weighted by Gasteiger charge is 2.43. The van der Waals surface area contributed by atoms with Gasteiger partial charge in [0.05, 0.1) is 42.8 Å². The molecule has 0 bridgehead atoms. The Bertz CT molecular complexity index is 1540. The van der Waals surface area contributed by atoms with Crippen molar-refractivity contribution in [1.29, 1.82) is 0 Å². The first kappa shape index (κ1) is 25.7. The van der Waals surface area contributed by atoms with Crippen molar-refractivity contribution < 1.29 is 33.7 Å². The number of pyridine rings is 1. The van der Waals surface area contributed by atoms with Crippen molar-refractivity contribution in [3.63, 3.8) is 0 Å². The Morgan fingerprint density at radius 3 is 2.33 bits per heavy atom. The smallest absolute Gasteiger partial charge is 0.335 e. The minimum atomic E-state index is -1.25. The van der Waals surface area contributed by atoms with Gasteiger partial charge in [0.15, 0.2) is 5.11 Å². The van der Waals surface area contributed by atoms with E-state index >= 15 is 0 Å². The molecule has 1 aliphatic heterocycles. The zero-order valence-corrected chi connectivity index (χ0v) is 21.6. The molecule has 5 rings (SSSR count). The number of nitrogens with zero attached hydrogens (tertiary/aromatic N) is 2. The number of methoxy groups -OCH3 is 2. The fourth-order valence-electron chi connectivity index (χ4n) is 4.57. The molecular weight excluding hydrogens is 522 g/mol. The van der Waals surface area contributed by atoms with Gasteiger partial charge in [0.2, 0.25) is 0 Å². The molecular formula is C28H23N3O7S. The molecule has 0 amide bonds. The lowest BCUT2D eigenvalue weighted by molar-refractivity contribution is 0.0696. The summed E-state index contributed by atoms with van der Waals surface area (Å²) in [6.45, 7) is 0. The van der Waals surface area contributed by atoms with Crippen molar-refractivity contribution in [2.24, 2.45) is 0 Å². The zero-order valence-electron chi connectivity index (χ0n) is 20.8. The Morgan fingerprint density at radius 1 is 0.974 bits per heavy atom. The van der Waals surface area contributed by atoms with Crippen LogP contribution in [-0.2, 0) is 0 Å². The van der Waals surface area contributed by atoms with Gasteiger partial charge in [0.25, 0.3) is 0 Å². The predicted molar refractivity (Wildman–Crippen MR) is 146 cm³/mol. The molecule has 198 valence electrons. The lowest BCUT2D eigenvalue weighted by Crippen LogP contribution is -2.29. The van der Waals surface area contributed by atoms with Gasteiger partial charge in [-0.1, -0.05) is 6.07 Å². The topological polar surface area (TPSA) is 134 Å². The minimum absolute atomic E-state index is 0.166. The van der Waals surface area contributed by atoms with Gasteiger partial charge in [-0.25, -0.2) is 9.59 Å². The van der Waals surface area contributed by atoms with E-state index in [-0.39, 0.29) is 11.1 Å². The van der Waals surface area contributed by atoms with E-state index in [0.717, 1.165) is 6.07 Å². The van der Waals surface area contributed by atoms with Gasteiger partial charge in [0, 0.05) is 17.8 Å². The zero-order chi connectivity index (χ0) is 27.7. The average Bonchev–Trinajstić information content (AvgIpc) is 3.57. The third kappa shape index (κ3) is 4.87. The number of aromatic nitrogens is 1. The third-order valence-electron chi connectivity index (χ3n) is 6.37. The summed E-state index contributed by atoms with van der Waals surface area (Å²) in [5, 5.41) is 22.7. The molecule has 0 spiro atoms. The number of ether oxygens (including phenoxy) is 2. The van der Waals surface area contributed by atoms with Crippen LogP contribution in [0, 0.1) is 0 Å². The molecule has 4 aromatic rings. The first-order valence-electron chi connectivity index (χ1n) is 11.7. The van der Waals surface area contributed by atoms with Gasteiger partial charge >= 0.3 is 11.9 Å². The number of benzene rings is 2. The van der Waals surface area contributed by atoms with Crippen LogP contribution >= 0.6 is 12.2 Å². The summed E-state index contributed by atoms with van der Waals surface area (Å²) in [5.41, 5.74) is 1.33. The first-order valence-corrected chi connectivity index (χ1v) is 12.2. The number of carbonyl (C=O) groups is 2. The van der Waals surface area contributed by atoms with Gasteiger partial charge in [0.1, 0.15) is 29.1 Å². The Morgan fingerprint density at radius 2 is 1.72 bits per heavy atom. The molecule has 0 saturated carbocycles. The van der Waals surface area contributed by atoms with Crippen molar-refractivity contribution in [3.05, 3.63) is 95.5 Å². The lowest BCUT2D eigenvalue weighted by atomic mass is 10.0. The van der Waals surface area contributed by atoms with Gasteiger partial charge in [-0.05, 0) is 66.8 Å². The number of hydrogen-bond donors (Lipinski definition) is 3. The number of carboxylic acid groups (broad SMARTS) is 2. The average molecular weight is 546 g/mol. The fourth-order valence-corrected chi connectivity index (χ4v) is 4.91. The van der Waals surface area contributed by atoms with E-state index in [1.165, 1.54) is 12.1 Å². The van der Waals surface area contributed by atoms with E-state index < -0.39 is 24.0 Å². The van der Waals surface area contributed by atoms with Crippen molar-refractivity contribution in [2.75, 3.05) is 19.1 Å². The molecule has 0 unspecified atom stereocenters. The number of rotatable bonds is 8. The molecule has 2 atom stereocenters. The van der Waals surface area contributed by atoms with Gasteiger partial charge < -0.3 is 34.3 Å². The van der Waals surface area contributed by atoms with Gasteiger partial charge in [-0.15, -0.1) is 0 Å². The highest BCUT2D eigenvalue weighted by atomic mass is 32.1. The van der Waals surface area contributed by atoms with E-state index in [2.05, 4.69) is 10.3 Å². The number of aromatic carboxylic acids is 2. The molecule has 0 aliphatic carbocycles. The van der Waals surface area contributed by atoms with E-state index in [4.69, 9.17) is 26.1 Å². The number of furan rings is 1. The maximum Gasteiger partial charge on any atom is 0.335 e. The normalized spacial score (nSPS) is 16.6. The fraction of sp³-hybridized carbons (Fsp3) is 0.143. The molecule has 2 aromatic carbocycles. The maximum absolute atomic E-state index is 11.6. The highest BCUT2D eigenvalue weighted by molar-refractivity contribution is 7.80. The molecule has 10 nitrogen and oxygen atoms in total. The van der Waals surface area contributed by atoms with Crippen LogP contribution in [0.5, 0.6) is 11.5 Å². The summed E-state index contributed by atoms with van der Waals surface area (Å²) < 4.78 is 17.4. The summed E-state index contributed by atoms with van der Waals surface area (Å²) >= 11 is 5.77. The molecule has 2 aromatic heterocycles. The standard InChI is InChI=1S/C28H23N3O7S/c1-36-18-6-7-22(37-2)20(14-18)31-25(24(30-28(31)39)19-5-3-4-10-29-19)23-9-8-21(38-23)15-11-16(26(32)33)13-17(12-15)27(34)35/h3-14,24-25H,1-2H3,(H,30,39)(H,32,33)(H,34,35)/t24-,25-/m0/s1. The van der Waals surface area contributed by atoms with Gasteiger partial charge in [-0.3, -0.25) is 4.98 Å². The molecule has 3 N–H and O–H groups in total. The first-order chi connectivity index (χ1) is 18.8. The molecule has 0 radical (unpaired) electrons. The van der Waals surface area contributed by atoms with Crippen molar-refractivity contribution in [1.82, 2.24) is 10.3 Å². The van der Waals surface area contributed by atoms with Gasteiger partial charge in [-0.2, -0.15) is 0 Å². The number of anilines is 1. The van der Waals surface area contributed by atoms with Crippen molar-refractivity contribution in [2.45, 2.75) is 12.1 Å². The lowest BCUT2D eigenvalue weighted by Gasteiger charge is -2.27. The Labute approximate surface area is 228 Å². The van der Waals surface area contributed by atoms with Crippen LogP contribution < -0.4 is 19.7 Å². The summed E-state index contributed by atoms with van der Waals surface area (Å²) in [6, 6.07) is 17.2. The highest BCUT2D eigenvalue weighted by Crippen LogP contribution is 2.46. The Kier molecular flexibility index (Phi) is 6.90. The quantitative estimate of drug-likeness (QED) is 0.260. The summed E-state index contributed by atoms with van der Waals surface area (Å²) in [5.74, 6) is -0.564. The minimum Gasteiger partial charge on any atom is -0.497 e. The van der Waals surface area contributed by atoms with E-state index in [1.54, 1.807) is 50.7 Å². The second-order valence-corrected chi connectivity index (χ2v) is 9.03. The molecule has 1 saturated heterocycles. The monoisotopic (exact) mass is 545 g/mol. The summed E-state index contributed by atoms with van der Waals surface area (Å²) in [4.78, 5) is 29.7. The number of carboxylic acids is 2. The third-order valence-corrected chi connectivity index (χ3v) is 6.69. The number of nitrogens with one attached hydrogen (secondary N) is 1. The largest absolute Gasteiger partial charge is 0.497 e. The van der Waals surface area contributed by atoms with Crippen LogP contribution in [0.1, 0.15) is 44.3 Å². The SMILES string of the molecule is COc1ccc(OC)c(N2C(=S)N[C@@H](c3ccccn3)[C@@H]2c2ccc(-c3cc(C(=O)O)cc(C(=O)O)c3)o2)c1. The van der Waals surface area contributed by atoms with Crippen LogP contribution in [-0.4, -0.2) is 46.5 Å². The Hall–Kier alpha value is -4.90. The molecule has 3 heterocycles.